The number of nitrogens with one attached hydrogen (secondary N) is 1. The van der Waals surface area contributed by atoms with Gasteiger partial charge in [-0.05, 0) is 29.3 Å². The van der Waals surface area contributed by atoms with E-state index in [2.05, 4.69) is 15.5 Å². The van der Waals surface area contributed by atoms with Gasteiger partial charge in [-0.2, -0.15) is 5.10 Å². The number of hydrogen-bond donors (Lipinski definition) is 1. The monoisotopic (exact) mass is 422 g/mol. The Bertz CT molecular complexity index is 1250. The number of rotatable bonds is 5. The zero-order valence-electron chi connectivity index (χ0n) is 15.1. The zero-order chi connectivity index (χ0) is 20.2. The van der Waals surface area contributed by atoms with E-state index < -0.39 is 5.91 Å². The minimum atomic E-state index is -0.419. The van der Waals surface area contributed by atoms with Crippen molar-refractivity contribution in [1.29, 1.82) is 0 Å². The van der Waals surface area contributed by atoms with Crippen LogP contribution in [0.15, 0.2) is 76.9 Å². The molecule has 4 aromatic rings. The number of carbonyl (C=O) groups is 1. The first-order valence-electron chi connectivity index (χ1n) is 8.72. The van der Waals surface area contributed by atoms with Gasteiger partial charge in [0.1, 0.15) is 11.4 Å². The fraction of sp³-hybridized carbons (Fsp3) is 0.0476. The zero-order valence-corrected chi connectivity index (χ0v) is 16.7. The molecule has 0 saturated heterocycles. The molecule has 8 heteroatoms. The number of amides is 1. The maximum Gasteiger partial charge on any atom is 0.262 e. The summed E-state index contributed by atoms with van der Waals surface area (Å²) >= 11 is 7.27. The number of nitrogens with zero attached hydrogens (tertiary/aromatic N) is 3. The average molecular weight is 423 g/mol. The normalized spacial score (nSPS) is 11.2. The molecule has 0 saturated carbocycles. The first kappa shape index (κ1) is 19.0. The SMILES string of the molecule is O=C(Cn1cnc2sc(-c3ccccc3)cc2c1=O)NN=Cc1ccc(Cl)cc1. The summed E-state index contributed by atoms with van der Waals surface area (Å²) in [5, 5.41) is 5.02. The van der Waals surface area contributed by atoms with E-state index >= 15 is 0 Å². The van der Waals surface area contributed by atoms with E-state index in [-0.39, 0.29) is 12.1 Å². The Kier molecular flexibility index (Phi) is 5.50. The van der Waals surface area contributed by atoms with E-state index in [0.29, 0.717) is 15.2 Å². The van der Waals surface area contributed by atoms with Gasteiger partial charge in [-0.3, -0.25) is 14.2 Å². The molecule has 4 rings (SSSR count). The van der Waals surface area contributed by atoms with Crippen LogP contribution in [0, 0.1) is 0 Å². The molecule has 0 aliphatic rings. The molecule has 0 radical (unpaired) electrons. The van der Waals surface area contributed by atoms with Gasteiger partial charge in [0.15, 0.2) is 0 Å². The van der Waals surface area contributed by atoms with Crippen molar-refractivity contribution in [1.82, 2.24) is 15.0 Å². The van der Waals surface area contributed by atoms with Gasteiger partial charge >= 0.3 is 0 Å². The number of hydrazone groups is 1. The van der Waals surface area contributed by atoms with E-state index in [1.165, 1.54) is 28.4 Å². The molecule has 0 fully saturated rings. The molecule has 2 aromatic heterocycles. The molecule has 1 N–H and O–H groups in total. The predicted octanol–water partition coefficient (Wildman–Crippen LogP) is 3.93. The van der Waals surface area contributed by atoms with Crippen molar-refractivity contribution < 1.29 is 4.79 Å². The van der Waals surface area contributed by atoms with Gasteiger partial charge in [-0.1, -0.05) is 54.1 Å². The second kappa shape index (κ2) is 8.38. The van der Waals surface area contributed by atoms with Crippen LogP contribution in [0.3, 0.4) is 0 Å². The van der Waals surface area contributed by atoms with Crippen molar-refractivity contribution in [2.45, 2.75) is 6.54 Å². The molecule has 29 heavy (non-hydrogen) atoms. The second-order valence-corrected chi connectivity index (χ2v) is 7.68. The Morgan fingerprint density at radius 2 is 1.93 bits per heavy atom. The molecule has 1 amide bonds. The van der Waals surface area contributed by atoms with Crippen molar-refractivity contribution in [3.63, 3.8) is 0 Å². The number of hydrogen-bond acceptors (Lipinski definition) is 5. The summed E-state index contributed by atoms with van der Waals surface area (Å²) in [6, 6.07) is 18.6. The molecule has 6 nitrogen and oxygen atoms in total. The van der Waals surface area contributed by atoms with Gasteiger partial charge in [0.25, 0.3) is 11.5 Å². The lowest BCUT2D eigenvalue weighted by Gasteiger charge is -2.03. The topological polar surface area (TPSA) is 76.3 Å². The van der Waals surface area contributed by atoms with Crippen molar-refractivity contribution >= 4 is 45.3 Å². The van der Waals surface area contributed by atoms with E-state index in [9.17, 15) is 9.59 Å². The van der Waals surface area contributed by atoms with Crippen LogP contribution in [0.1, 0.15) is 5.56 Å². The highest BCUT2D eigenvalue weighted by atomic mass is 35.5. The van der Waals surface area contributed by atoms with Crippen LogP contribution in [0.4, 0.5) is 0 Å². The summed E-state index contributed by atoms with van der Waals surface area (Å²) in [4.78, 5) is 30.8. The van der Waals surface area contributed by atoms with Crippen LogP contribution >= 0.6 is 22.9 Å². The molecule has 0 unspecified atom stereocenters. The van der Waals surface area contributed by atoms with Gasteiger partial charge in [0, 0.05) is 9.90 Å². The lowest BCUT2D eigenvalue weighted by Crippen LogP contribution is -2.29. The maximum absolute atomic E-state index is 12.7. The third-order valence-electron chi connectivity index (χ3n) is 4.16. The highest BCUT2D eigenvalue weighted by Gasteiger charge is 2.12. The first-order valence-corrected chi connectivity index (χ1v) is 9.91. The van der Waals surface area contributed by atoms with Crippen LogP contribution in [0.2, 0.25) is 5.02 Å². The van der Waals surface area contributed by atoms with Crippen LogP contribution in [-0.4, -0.2) is 21.7 Å². The summed E-state index contributed by atoms with van der Waals surface area (Å²) in [5.41, 5.74) is 3.97. The van der Waals surface area contributed by atoms with Gasteiger partial charge < -0.3 is 0 Å². The molecule has 0 aliphatic heterocycles. The largest absolute Gasteiger partial charge is 0.289 e. The Morgan fingerprint density at radius 3 is 2.69 bits per heavy atom. The molecule has 0 spiro atoms. The minimum Gasteiger partial charge on any atom is -0.289 e. The van der Waals surface area contributed by atoms with Crippen molar-refractivity contribution in [2.75, 3.05) is 0 Å². The molecular formula is C21H15ClN4O2S. The Balaban J connectivity index is 1.49. The lowest BCUT2D eigenvalue weighted by molar-refractivity contribution is -0.121. The standard InChI is InChI=1S/C21H15ClN4O2S/c22-16-8-6-14(7-9-16)11-24-25-19(27)12-26-13-23-20-17(21(26)28)10-18(29-20)15-4-2-1-3-5-15/h1-11,13H,12H2,(H,25,27). The number of aromatic nitrogens is 2. The first-order chi connectivity index (χ1) is 14.1. The van der Waals surface area contributed by atoms with E-state index in [4.69, 9.17) is 11.6 Å². The summed E-state index contributed by atoms with van der Waals surface area (Å²) in [6.07, 6.45) is 2.89. The third kappa shape index (κ3) is 4.42. The number of carbonyl (C=O) groups excluding carboxylic acids is 1. The average Bonchev–Trinajstić information content (AvgIpc) is 3.18. The van der Waals surface area contributed by atoms with Gasteiger partial charge in [0.2, 0.25) is 0 Å². The summed E-state index contributed by atoms with van der Waals surface area (Å²) in [7, 11) is 0. The maximum atomic E-state index is 12.7. The van der Waals surface area contributed by atoms with Crippen molar-refractivity contribution in [2.24, 2.45) is 5.10 Å². The van der Waals surface area contributed by atoms with Crippen molar-refractivity contribution in [3.8, 4) is 10.4 Å². The second-order valence-electron chi connectivity index (χ2n) is 6.22. The Morgan fingerprint density at radius 1 is 1.17 bits per heavy atom. The van der Waals surface area contributed by atoms with Gasteiger partial charge in [0.05, 0.1) is 17.9 Å². The van der Waals surface area contributed by atoms with Crippen LogP contribution in [0.25, 0.3) is 20.7 Å². The van der Waals surface area contributed by atoms with E-state index in [0.717, 1.165) is 16.0 Å². The fourth-order valence-electron chi connectivity index (χ4n) is 2.73. The molecule has 0 atom stereocenters. The Labute approximate surface area is 175 Å². The molecule has 0 aliphatic carbocycles. The van der Waals surface area contributed by atoms with E-state index in [1.54, 1.807) is 24.3 Å². The highest BCUT2D eigenvalue weighted by molar-refractivity contribution is 7.21. The van der Waals surface area contributed by atoms with Crippen LogP contribution in [-0.2, 0) is 11.3 Å². The van der Waals surface area contributed by atoms with Gasteiger partial charge in [-0.25, -0.2) is 10.4 Å². The van der Waals surface area contributed by atoms with Gasteiger partial charge in [-0.15, -0.1) is 11.3 Å². The minimum absolute atomic E-state index is 0.170. The van der Waals surface area contributed by atoms with Crippen LogP contribution in [0.5, 0.6) is 0 Å². The molecule has 2 aromatic carbocycles. The highest BCUT2D eigenvalue weighted by Crippen LogP contribution is 2.30. The number of thiophene rings is 1. The third-order valence-corrected chi connectivity index (χ3v) is 5.51. The molecule has 2 heterocycles. The lowest BCUT2D eigenvalue weighted by atomic mass is 10.2. The van der Waals surface area contributed by atoms with E-state index in [1.807, 2.05) is 36.4 Å². The van der Waals surface area contributed by atoms with Crippen LogP contribution < -0.4 is 11.0 Å². The summed E-state index contributed by atoms with van der Waals surface area (Å²) in [5.74, 6) is -0.419. The smallest absolute Gasteiger partial charge is 0.262 e. The molecular weight excluding hydrogens is 408 g/mol. The van der Waals surface area contributed by atoms with Crippen molar-refractivity contribution in [3.05, 3.63) is 87.9 Å². The summed E-state index contributed by atoms with van der Waals surface area (Å²) in [6.45, 7) is -0.170. The quantitative estimate of drug-likeness (QED) is 0.391. The molecule has 0 bridgehead atoms. The number of benzene rings is 2. The number of fused-ring (bicyclic) bond motifs is 1. The Hall–Kier alpha value is -3.29. The molecule has 144 valence electrons. The summed E-state index contributed by atoms with van der Waals surface area (Å²) < 4.78 is 1.27. The number of halogens is 1. The fourth-order valence-corrected chi connectivity index (χ4v) is 3.86. The predicted molar refractivity (Wildman–Crippen MR) is 117 cm³/mol.